The van der Waals surface area contributed by atoms with Crippen LogP contribution in [0.1, 0.15) is 28.8 Å². The van der Waals surface area contributed by atoms with E-state index in [-0.39, 0.29) is 24.3 Å². The first-order chi connectivity index (χ1) is 17.4. The second kappa shape index (κ2) is 10.7. The molecule has 1 amide bonds. The molecule has 0 bridgehead atoms. The highest BCUT2D eigenvalue weighted by molar-refractivity contribution is 9.10. The van der Waals surface area contributed by atoms with Gasteiger partial charge in [-0.3, -0.25) is 9.48 Å². The van der Waals surface area contributed by atoms with Gasteiger partial charge in [0.25, 0.3) is 5.91 Å². The Morgan fingerprint density at radius 3 is 2.57 bits per heavy atom. The highest BCUT2D eigenvalue weighted by Gasteiger charge is 2.33. The predicted molar refractivity (Wildman–Crippen MR) is 145 cm³/mol. The summed E-state index contributed by atoms with van der Waals surface area (Å²) in [6.45, 7) is 7.29. The van der Waals surface area contributed by atoms with Crippen molar-refractivity contribution in [2.24, 2.45) is 7.05 Å². The molecule has 4 rings (SSSR count). The number of benzene rings is 2. The summed E-state index contributed by atoms with van der Waals surface area (Å²) in [6, 6.07) is 7.96. The zero-order chi connectivity index (χ0) is 27.1. The number of hydrogen-bond acceptors (Lipinski definition) is 5. The summed E-state index contributed by atoms with van der Waals surface area (Å²) in [5, 5.41) is 4.98. The smallest absolute Gasteiger partial charge is 0.387 e. The standard InChI is InChI=1S/C26H32BrF2N3O4Si/c1-15-13-32(14-35-7-8-37(4,5)6)25(33)22-18(15)9-16(10-20(22)34-3)24-23-19(30-31(24)2)11-17(27)12-21(23)36-26(28)29/h9-12,15,26H,7-8,13-14H2,1-6H3/t15-/m0/s1. The number of alkyl halides is 2. The van der Waals surface area contributed by atoms with E-state index in [2.05, 4.69) is 40.7 Å². The van der Waals surface area contributed by atoms with Gasteiger partial charge in [-0.05, 0) is 41.8 Å². The van der Waals surface area contributed by atoms with E-state index in [9.17, 15) is 13.6 Å². The zero-order valence-electron chi connectivity index (χ0n) is 21.9. The van der Waals surface area contributed by atoms with Crippen LogP contribution in [-0.4, -0.2) is 62.3 Å². The number of rotatable bonds is 9. The Morgan fingerprint density at radius 2 is 1.92 bits per heavy atom. The number of aryl methyl sites for hydroxylation is 1. The van der Waals surface area contributed by atoms with Gasteiger partial charge in [-0.2, -0.15) is 13.9 Å². The van der Waals surface area contributed by atoms with Crippen LogP contribution in [0.5, 0.6) is 11.5 Å². The number of amides is 1. The summed E-state index contributed by atoms with van der Waals surface area (Å²) >= 11 is 3.34. The first kappa shape index (κ1) is 27.5. The van der Waals surface area contributed by atoms with Gasteiger partial charge in [-0.15, -0.1) is 0 Å². The summed E-state index contributed by atoms with van der Waals surface area (Å²) in [5.74, 6) is 0.293. The lowest BCUT2D eigenvalue weighted by Crippen LogP contribution is -2.41. The molecule has 37 heavy (non-hydrogen) atoms. The zero-order valence-corrected chi connectivity index (χ0v) is 24.5. The maximum atomic E-state index is 13.5. The van der Waals surface area contributed by atoms with Crippen molar-refractivity contribution in [1.82, 2.24) is 14.7 Å². The summed E-state index contributed by atoms with van der Waals surface area (Å²) < 4.78 is 45.1. The molecule has 2 heterocycles. The topological polar surface area (TPSA) is 65.8 Å². The van der Waals surface area contributed by atoms with Gasteiger partial charge in [-0.1, -0.05) is 42.5 Å². The lowest BCUT2D eigenvalue weighted by atomic mass is 9.87. The van der Waals surface area contributed by atoms with Crippen molar-refractivity contribution < 1.29 is 27.8 Å². The molecule has 7 nitrogen and oxygen atoms in total. The molecule has 200 valence electrons. The van der Waals surface area contributed by atoms with E-state index in [4.69, 9.17) is 14.2 Å². The number of nitrogens with zero attached hydrogens (tertiary/aromatic N) is 3. The monoisotopic (exact) mass is 595 g/mol. The highest BCUT2D eigenvalue weighted by atomic mass is 79.9. The minimum absolute atomic E-state index is 0.00700. The van der Waals surface area contributed by atoms with E-state index in [1.54, 1.807) is 28.8 Å². The lowest BCUT2D eigenvalue weighted by Gasteiger charge is -2.34. The molecule has 0 fully saturated rings. The molecule has 0 spiro atoms. The fourth-order valence-corrected chi connectivity index (χ4v) is 5.85. The first-order valence-electron chi connectivity index (χ1n) is 12.1. The number of carbonyl (C=O) groups excluding carboxylic acids is 1. The van der Waals surface area contributed by atoms with Gasteiger partial charge >= 0.3 is 6.61 Å². The van der Waals surface area contributed by atoms with Gasteiger partial charge in [0.1, 0.15) is 18.2 Å². The average molecular weight is 597 g/mol. The normalized spacial score (nSPS) is 16.0. The number of ether oxygens (including phenoxy) is 3. The van der Waals surface area contributed by atoms with Gasteiger partial charge in [0.15, 0.2) is 0 Å². The molecule has 0 saturated heterocycles. The quantitative estimate of drug-likeness (QED) is 0.209. The Labute approximate surface area is 224 Å². The predicted octanol–water partition coefficient (Wildman–Crippen LogP) is 6.48. The van der Waals surface area contributed by atoms with E-state index in [0.717, 1.165) is 11.6 Å². The average Bonchev–Trinajstić information content (AvgIpc) is 3.13. The molecule has 0 N–H and O–H groups in total. The fraction of sp³-hybridized carbons (Fsp3) is 0.462. The van der Waals surface area contributed by atoms with Crippen molar-refractivity contribution in [2.45, 2.75) is 45.1 Å². The number of hydrogen-bond donors (Lipinski definition) is 0. The number of carbonyl (C=O) groups is 1. The van der Waals surface area contributed by atoms with Crippen LogP contribution in [0, 0.1) is 0 Å². The molecule has 0 saturated carbocycles. The van der Waals surface area contributed by atoms with Crippen molar-refractivity contribution >= 4 is 40.8 Å². The number of methoxy groups -OCH3 is 1. The van der Waals surface area contributed by atoms with Crippen molar-refractivity contribution in [2.75, 3.05) is 27.0 Å². The number of aromatic nitrogens is 2. The maximum absolute atomic E-state index is 13.5. The molecule has 1 aliphatic rings. The Kier molecular flexibility index (Phi) is 7.96. The second-order valence-corrected chi connectivity index (χ2v) is 17.1. The lowest BCUT2D eigenvalue weighted by molar-refractivity contribution is -0.0488. The SMILES string of the molecule is COc1cc(-c2c3c(OC(F)F)cc(Br)cc3nn2C)cc2c1C(=O)N(COCC[Si](C)(C)C)C[C@@H]2C. The maximum Gasteiger partial charge on any atom is 0.387 e. The molecule has 1 aliphatic heterocycles. The van der Waals surface area contributed by atoms with Crippen LogP contribution in [0.3, 0.4) is 0 Å². The molecule has 1 aromatic heterocycles. The van der Waals surface area contributed by atoms with Crippen LogP contribution in [0.4, 0.5) is 8.78 Å². The molecule has 1 atom stereocenters. The fourth-order valence-electron chi connectivity index (χ4n) is 4.67. The highest BCUT2D eigenvalue weighted by Crippen LogP contribution is 2.43. The molecular weight excluding hydrogens is 564 g/mol. The third kappa shape index (κ3) is 5.83. The molecule has 2 aromatic carbocycles. The van der Waals surface area contributed by atoms with Crippen LogP contribution in [0.25, 0.3) is 22.2 Å². The van der Waals surface area contributed by atoms with Gasteiger partial charge in [0, 0.05) is 38.3 Å². The summed E-state index contributed by atoms with van der Waals surface area (Å²) in [4.78, 5) is 15.2. The number of halogens is 3. The van der Waals surface area contributed by atoms with Crippen LogP contribution < -0.4 is 9.47 Å². The van der Waals surface area contributed by atoms with Gasteiger partial charge in [0.05, 0.1) is 29.3 Å². The van der Waals surface area contributed by atoms with E-state index >= 15 is 0 Å². The number of fused-ring (bicyclic) bond motifs is 2. The second-order valence-electron chi connectivity index (χ2n) is 10.6. The third-order valence-corrected chi connectivity index (χ3v) is 8.64. The van der Waals surface area contributed by atoms with E-state index in [1.165, 1.54) is 13.2 Å². The van der Waals surface area contributed by atoms with Gasteiger partial charge in [-0.25, -0.2) is 0 Å². The third-order valence-electron chi connectivity index (χ3n) is 6.48. The molecule has 3 aromatic rings. The van der Waals surface area contributed by atoms with Crippen LogP contribution in [0.2, 0.25) is 25.7 Å². The molecule has 11 heteroatoms. The van der Waals surface area contributed by atoms with Crippen molar-refractivity contribution in [3.63, 3.8) is 0 Å². The van der Waals surface area contributed by atoms with Gasteiger partial charge in [0.2, 0.25) is 0 Å². The largest absolute Gasteiger partial charge is 0.496 e. The Hall–Kier alpha value is -2.50. The van der Waals surface area contributed by atoms with Crippen molar-refractivity contribution in [3.05, 3.63) is 39.9 Å². The molecule has 0 unspecified atom stereocenters. The molecular formula is C26H32BrF2N3O4Si. The van der Waals surface area contributed by atoms with E-state index < -0.39 is 14.7 Å². The van der Waals surface area contributed by atoms with Gasteiger partial charge < -0.3 is 19.1 Å². The van der Waals surface area contributed by atoms with Crippen LogP contribution >= 0.6 is 15.9 Å². The Morgan fingerprint density at radius 1 is 1.19 bits per heavy atom. The minimum Gasteiger partial charge on any atom is -0.496 e. The van der Waals surface area contributed by atoms with Crippen LogP contribution in [0.15, 0.2) is 28.7 Å². The summed E-state index contributed by atoms with van der Waals surface area (Å²) in [5.41, 5.74) is 3.13. The molecule has 0 aliphatic carbocycles. The van der Waals surface area contributed by atoms with Crippen molar-refractivity contribution in [3.8, 4) is 22.8 Å². The van der Waals surface area contributed by atoms with Crippen molar-refractivity contribution in [1.29, 1.82) is 0 Å². The van der Waals surface area contributed by atoms with E-state index in [0.29, 0.717) is 51.1 Å². The Balaban J connectivity index is 1.74. The van der Waals surface area contributed by atoms with E-state index in [1.807, 2.05) is 13.0 Å². The Bertz CT molecular complexity index is 1330. The summed E-state index contributed by atoms with van der Waals surface area (Å²) in [7, 11) is 2.03. The first-order valence-corrected chi connectivity index (χ1v) is 16.6. The summed E-state index contributed by atoms with van der Waals surface area (Å²) in [6.07, 6.45) is 0. The van der Waals surface area contributed by atoms with Crippen LogP contribution in [-0.2, 0) is 11.8 Å². The minimum atomic E-state index is -2.99. The molecule has 0 radical (unpaired) electrons.